The van der Waals surface area contributed by atoms with Crippen LogP contribution in [0.4, 0.5) is 4.39 Å². The van der Waals surface area contributed by atoms with E-state index in [9.17, 15) is 4.39 Å². The second kappa shape index (κ2) is 7.28. The second-order valence-corrected chi connectivity index (χ2v) is 4.36. The van der Waals surface area contributed by atoms with Crippen molar-refractivity contribution >= 4 is 0 Å². The number of hydrogen-bond acceptors (Lipinski definition) is 2. The minimum Gasteiger partial charge on any atom is -0.494 e. The summed E-state index contributed by atoms with van der Waals surface area (Å²) in [5, 5.41) is 3.36. The highest BCUT2D eigenvalue weighted by molar-refractivity contribution is 5.28. The molecule has 0 aromatic heterocycles. The van der Waals surface area contributed by atoms with E-state index in [0.717, 1.165) is 25.1 Å². The van der Waals surface area contributed by atoms with Crippen LogP contribution in [-0.2, 0) is 0 Å². The molecular weight excluding hydrogens is 217 g/mol. The Morgan fingerprint density at radius 1 is 1.41 bits per heavy atom. The van der Waals surface area contributed by atoms with Gasteiger partial charge in [-0.2, -0.15) is 0 Å². The first-order chi connectivity index (χ1) is 8.13. The van der Waals surface area contributed by atoms with Crippen LogP contribution in [-0.4, -0.2) is 19.2 Å². The van der Waals surface area contributed by atoms with E-state index in [1.165, 1.54) is 6.07 Å². The summed E-state index contributed by atoms with van der Waals surface area (Å²) in [6, 6.07) is 5.39. The first kappa shape index (κ1) is 14.0. The molecule has 0 aliphatic rings. The lowest BCUT2D eigenvalue weighted by atomic mass is 10.2. The number of benzene rings is 1. The van der Waals surface area contributed by atoms with Gasteiger partial charge in [-0.15, -0.1) is 0 Å². The first-order valence-electron chi connectivity index (χ1n) is 6.25. The van der Waals surface area contributed by atoms with Crippen LogP contribution >= 0.6 is 0 Å². The van der Waals surface area contributed by atoms with Crippen molar-refractivity contribution in [2.45, 2.75) is 39.7 Å². The van der Waals surface area contributed by atoms with Crippen molar-refractivity contribution in [3.63, 3.8) is 0 Å². The smallest absolute Gasteiger partial charge is 0.126 e. The lowest BCUT2D eigenvalue weighted by molar-refractivity contribution is 0.298. The fraction of sp³-hybridized carbons (Fsp3) is 0.571. The molecule has 0 aliphatic heterocycles. The molecule has 1 atom stereocenters. The molecule has 96 valence electrons. The average molecular weight is 239 g/mol. The highest BCUT2D eigenvalue weighted by Gasteiger charge is 2.01. The van der Waals surface area contributed by atoms with E-state index in [1.54, 1.807) is 19.1 Å². The summed E-state index contributed by atoms with van der Waals surface area (Å²) in [4.78, 5) is 0. The van der Waals surface area contributed by atoms with Crippen LogP contribution < -0.4 is 10.1 Å². The van der Waals surface area contributed by atoms with E-state index < -0.39 is 0 Å². The highest BCUT2D eigenvalue weighted by atomic mass is 19.1. The maximum Gasteiger partial charge on any atom is 0.126 e. The van der Waals surface area contributed by atoms with Crippen LogP contribution in [0, 0.1) is 12.7 Å². The topological polar surface area (TPSA) is 21.3 Å². The van der Waals surface area contributed by atoms with Gasteiger partial charge in [0.1, 0.15) is 11.6 Å². The third-order valence-electron chi connectivity index (χ3n) is 2.73. The van der Waals surface area contributed by atoms with Crippen LogP contribution in [0.25, 0.3) is 0 Å². The van der Waals surface area contributed by atoms with Gasteiger partial charge in [-0.3, -0.25) is 0 Å². The molecule has 0 aliphatic carbocycles. The molecule has 1 unspecified atom stereocenters. The Labute approximate surface area is 103 Å². The Kier molecular flexibility index (Phi) is 5.98. The van der Waals surface area contributed by atoms with Gasteiger partial charge in [-0.25, -0.2) is 4.39 Å². The van der Waals surface area contributed by atoms with Crippen LogP contribution in [0.1, 0.15) is 32.3 Å². The number of hydrogen-bond donors (Lipinski definition) is 1. The molecule has 0 bridgehead atoms. The van der Waals surface area contributed by atoms with Crippen LogP contribution in [0.3, 0.4) is 0 Å². The zero-order valence-corrected chi connectivity index (χ0v) is 10.9. The summed E-state index contributed by atoms with van der Waals surface area (Å²) < 4.78 is 18.6. The molecule has 0 fully saturated rings. The van der Waals surface area contributed by atoms with Crippen LogP contribution in [0.2, 0.25) is 0 Å². The van der Waals surface area contributed by atoms with Gasteiger partial charge in [-0.1, -0.05) is 6.92 Å². The molecule has 0 saturated carbocycles. The highest BCUT2D eigenvalue weighted by Crippen LogP contribution is 2.16. The van der Waals surface area contributed by atoms with Gasteiger partial charge < -0.3 is 10.1 Å². The average Bonchev–Trinajstić information content (AvgIpc) is 2.29. The third kappa shape index (κ3) is 5.18. The Balaban J connectivity index is 2.24. The molecular formula is C14H22FNO. The molecule has 1 aromatic rings. The Morgan fingerprint density at radius 2 is 2.18 bits per heavy atom. The predicted molar refractivity (Wildman–Crippen MR) is 69.0 cm³/mol. The number of halogens is 1. The maximum atomic E-state index is 13.0. The molecule has 1 rings (SSSR count). The summed E-state index contributed by atoms with van der Waals surface area (Å²) in [6.07, 6.45) is 2.10. The standard InChI is InChI=1S/C14H22FNO/c1-4-16-12(3)6-5-9-17-13-7-8-14(15)11(2)10-13/h7-8,10,12,16H,4-6,9H2,1-3H3. The Bertz CT molecular complexity index is 341. The number of rotatable bonds is 7. The van der Waals surface area contributed by atoms with E-state index >= 15 is 0 Å². The molecule has 0 saturated heterocycles. The summed E-state index contributed by atoms with van der Waals surface area (Å²) in [6.45, 7) is 7.70. The van der Waals surface area contributed by atoms with Crippen molar-refractivity contribution in [3.8, 4) is 5.75 Å². The molecule has 0 radical (unpaired) electrons. The Hall–Kier alpha value is -1.09. The number of ether oxygens (including phenoxy) is 1. The van der Waals surface area contributed by atoms with Crippen molar-refractivity contribution in [1.29, 1.82) is 0 Å². The monoisotopic (exact) mass is 239 g/mol. The van der Waals surface area contributed by atoms with E-state index in [1.807, 2.05) is 0 Å². The van der Waals surface area contributed by atoms with E-state index in [0.29, 0.717) is 18.2 Å². The van der Waals surface area contributed by atoms with Gasteiger partial charge in [0, 0.05) is 6.04 Å². The van der Waals surface area contributed by atoms with Crippen LogP contribution in [0.15, 0.2) is 18.2 Å². The molecule has 17 heavy (non-hydrogen) atoms. The van der Waals surface area contributed by atoms with Gasteiger partial charge in [-0.05, 0) is 57.0 Å². The van der Waals surface area contributed by atoms with Crippen molar-refractivity contribution in [2.75, 3.05) is 13.2 Å². The number of nitrogens with one attached hydrogen (secondary N) is 1. The SMILES string of the molecule is CCNC(C)CCCOc1ccc(F)c(C)c1. The molecule has 0 amide bonds. The number of aryl methyl sites for hydroxylation is 1. The molecule has 0 spiro atoms. The zero-order chi connectivity index (χ0) is 12.7. The molecule has 0 heterocycles. The fourth-order valence-corrected chi connectivity index (χ4v) is 1.74. The van der Waals surface area contributed by atoms with E-state index in [2.05, 4.69) is 19.2 Å². The summed E-state index contributed by atoms with van der Waals surface area (Å²) in [5.74, 6) is 0.568. The maximum absolute atomic E-state index is 13.0. The fourth-order valence-electron chi connectivity index (χ4n) is 1.74. The van der Waals surface area contributed by atoms with Gasteiger partial charge in [0.25, 0.3) is 0 Å². The van der Waals surface area contributed by atoms with E-state index in [-0.39, 0.29) is 5.82 Å². The van der Waals surface area contributed by atoms with Crippen molar-refractivity contribution in [1.82, 2.24) is 5.32 Å². The van der Waals surface area contributed by atoms with Crippen molar-refractivity contribution in [2.24, 2.45) is 0 Å². The largest absolute Gasteiger partial charge is 0.494 e. The zero-order valence-electron chi connectivity index (χ0n) is 10.9. The summed E-state index contributed by atoms with van der Waals surface area (Å²) in [5.41, 5.74) is 0.628. The van der Waals surface area contributed by atoms with Crippen molar-refractivity contribution < 1.29 is 9.13 Å². The Morgan fingerprint density at radius 3 is 2.82 bits per heavy atom. The van der Waals surface area contributed by atoms with Gasteiger partial charge in [0.2, 0.25) is 0 Å². The van der Waals surface area contributed by atoms with E-state index in [4.69, 9.17) is 4.74 Å². The third-order valence-corrected chi connectivity index (χ3v) is 2.73. The van der Waals surface area contributed by atoms with Gasteiger partial charge in [0.05, 0.1) is 6.61 Å². The van der Waals surface area contributed by atoms with Gasteiger partial charge >= 0.3 is 0 Å². The molecule has 3 heteroatoms. The van der Waals surface area contributed by atoms with Crippen LogP contribution in [0.5, 0.6) is 5.75 Å². The van der Waals surface area contributed by atoms with Gasteiger partial charge in [0.15, 0.2) is 0 Å². The van der Waals surface area contributed by atoms with Crippen molar-refractivity contribution in [3.05, 3.63) is 29.6 Å². The second-order valence-electron chi connectivity index (χ2n) is 4.36. The minimum absolute atomic E-state index is 0.182. The quantitative estimate of drug-likeness (QED) is 0.737. The molecule has 1 aromatic carbocycles. The lowest BCUT2D eigenvalue weighted by Crippen LogP contribution is -2.25. The summed E-state index contributed by atoms with van der Waals surface area (Å²) in [7, 11) is 0. The molecule has 1 N–H and O–H groups in total. The molecule has 2 nitrogen and oxygen atoms in total. The minimum atomic E-state index is -0.182. The lowest BCUT2D eigenvalue weighted by Gasteiger charge is -2.12. The summed E-state index contributed by atoms with van der Waals surface area (Å²) >= 11 is 0. The predicted octanol–water partition coefficient (Wildman–Crippen LogP) is 3.29. The first-order valence-corrected chi connectivity index (χ1v) is 6.25. The normalized spacial score (nSPS) is 12.5.